The van der Waals surface area contributed by atoms with Gasteiger partial charge in [0.25, 0.3) is 9.05 Å². The zero-order valence-corrected chi connectivity index (χ0v) is 10.8. The summed E-state index contributed by atoms with van der Waals surface area (Å²) >= 11 is 0. The van der Waals surface area contributed by atoms with Gasteiger partial charge in [-0.05, 0) is 24.3 Å². The lowest BCUT2D eigenvalue weighted by atomic mass is 10.3. The van der Waals surface area contributed by atoms with E-state index in [1.807, 2.05) is 0 Å². The first-order valence-corrected chi connectivity index (χ1v) is 7.21. The zero-order valence-electron chi connectivity index (χ0n) is 9.18. The van der Waals surface area contributed by atoms with E-state index in [-0.39, 0.29) is 0 Å². The molecular formula is C11H6ClF2NO3S. The quantitative estimate of drug-likeness (QED) is 0.818. The highest BCUT2D eigenvalue weighted by molar-refractivity contribution is 8.13. The largest absolute Gasteiger partial charge is 0.434 e. The van der Waals surface area contributed by atoms with E-state index < -0.39 is 37.2 Å². The predicted molar refractivity (Wildman–Crippen MR) is 63.7 cm³/mol. The molecule has 2 aromatic rings. The molecule has 8 heteroatoms. The molecule has 0 radical (unpaired) electrons. The standard InChI is InChI=1S/C11H6ClF2NO3S/c12-19(16,17)10-2-1-5-15-11(10)18-9-6-7(13)3-4-8(9)14/h1-6H. The third-order valence-electron chi connectivity index (χ3n) is 2.10. The van der Waals surface area contributed by atoms with Crippen molar-refractivity contribution in [2.75, 3.05) is 0 Å². The molecule has 1 aromatic carbocycles. The van der Waals surface area contributed by atoms with Gasteiger partial charge < -0.3 is 4.74 Å². The number of ether oxygens (including phenoxy) is 1. The van der Waals surface area contributed by atoms with Gasteiger partial charge in [0, 0.05) is 22.9 Å². The molecule has 0 unspecified atom stereocenters. The van der Waals surface area contributed by atoms with Crippen LogP contribution in [0.1, 0.15) is 0 Å². The summed E-state index contributed by atoms with van der Waals surface area (Å²) in [5.74, 6) is -2.50. The van der Waals surface area contributed by atoms with Crippen LogP contribution in [-0.4, -0.2) is 13.4 Å². The molecule has 100 valence electrons. The second-order valence-corrected chi connectivity index (χ2v) is 5.96. The minimum absolute atomic E-state index is 0.429. The maximum atomic E-state index is 13.4. The van der Waals surface area contributed by atoms with Crippen molar-refractivity contribution in [1.82, 2.24) is 4.98 Å². The molecular weight excluding hydrogens is 300 g/mol. The fourth-order valence-corrected chi connectivity index (χ4v) is 2.19. The summed E-state index contributed by atoms with van der Waals surface area (Å²) < 4.78 is 53.9. The number of rotatable bonds is 3. The van der Waals surface area contributed by atoms with Gasteiger partial charge in [0.15, 0.2) is 11.6 Å². The van der Waals surface area contributed by atoms with Gasteiger partial charge in [-0.25, -0.2) is 22.2 Å². The van der Waals surface area contributed by atoms with E-state index in [1.165, 1.54) is 12.3 Å². The first kappa shape index (κ1) is 13.7. The number of aromatic nitrogens is 1. The van der Waals surface area contributed by atoms with Crippen LogP contribution in [0.3, 0.4) is 0 Å². The van der Waals surface area contributed by atoms with Crippen molar-refractivity contribution in [2.45, 2.75) is 4.90 Å². The molecule has 0 atom stereocenters. The first-order chi connectivity index (χ1) is 8.88. The van der Waals surface area contributed by atoms with Gasteiger partial charge >= 0.3 is 0 Å². The molecule has 0 saturated carbocycles. The maximum absolute atomic E-state index is 13.4. The molecule has 0 aliphatic carbocycles. The van der Waals surface area contributed by atoms with Crippen LogP contribution >= 0.6 is 10.7 Å². The van der Waals surface area contributed by atoms with Gasteiger partial charge in [-0.1, -0.05) is 0 Å². The van der Waals surface area contributed by atoms with Gasteiger partial charge in [0.05, 0.1) is 0 Å². The lowest BCUT2D eigenvalue weighted by molar-refractivity contribution is 0.411. The van der Waals surface area contributed by atoms with E-state index in [2.05, 4.69) is 4.98 Å². The van der Waals surface area contributed by atoms with E-state index in [9.17, 15) is 17.2 Å². The van der Waals surface area contributed by atoms with Crippen LogP contribution in [-0.2, 0) is 9.05 Å². The van der Waals surface area contributed by atoms with E-state index >= 15 is 0 Å². The molecule has 0 fully saturated rings. The number of benzene rings is 1. The number of pyridine rings is 1. The monoisotopic (exact) mass is 305 g/mol. The summed E-state index contributed by atoms with van der Waals surface area (Å²) in [5.41, 5.74) is 0. The molecule has 4 nitrogen and oxygen atoms in total. The van der Waals surface area contributed by atoms with Crippen LogP contribution in [0.25, 0.3) is 0 Å². The summed E-state index contributed by atoms with van der Waals surface area (Å²) in [7, 11) is 1.08. The topological polar surface area (TPSA) is 56.3 Å². The van der Waals surface area contributed by atoms with E-state index in [0.717, 1.165) is 24.3 Å². The zero-order chi connectivity index (χ0) is 14.0. The summed E-state index contributed by atoms with van der Waals surface area (Å²) in [6.45, 7) is 0. The van der Waals surface area contributed by atoms with Crippen molar-refractivity contribution >= 4 is 19.7 Å². The molecule has 2 rings (SSSR count). The number of nitrogens with zero attached hydrogens (tertiary/aromatic N) is 1. The van der Waals surface area contributed by atoms with Crippen molar-refractivity contribution in [3.05, 3.63) is 48.2 Å². The van der Waals surface area contributed by atoms with Crippen LogP contribution in [0.2, 0.25) is 0 Å². The number of halogens is 3. The first-order valence-electron chi connectivity index (χ1n) is 4.90. The average molecular weight is 306 g/mol. The van der Waals surface area contributed by atoms with Gasteiger partial charge in [0.2, 0.25) is 5.88 Å². The number of hydrogen-bond donors (Lipinski definition) is 0. The second-order valence-electron chi connectivity index (χ2n) is 3.42. The Bertz CT molecular complexity index is 722. The van der Waals surface area contributed by atoms with Crippen LogP contribution in [0, 0.1) is 11.6 Å². The maximum Gasteiger partial charge on any atom is 0.266 e. The van der Waals surface area contributed by atoms with Gasteiger partial charge in [-0.2, -0.15) is 0 Å². The molecule has 0 bridgehead atoms. The van der Waals surface area contributed by atoms with Gasteiger partial charge in [-0.15, -0.1) is 0 Å². The normalized spacial score (nSPS) is 11.3. The molecule has 1 heterocycles. The highest BCUT2D eigenvalue weighted by Gasteiger charge is 2.19. The Morgan fingerprint density at radius 3 is 2.63 bits per heavy atom. The summed E-state index contributed by atoms with van der Waals surface area (Å²) in [6.07, 6.45) is 1.23. The van der Waals surface area contributed by atoms with Gasteiger partial charge in [-0.3, -0.25) is 0 Å². The molecule has 1 aromatic heterocycles. The molecule has 0 amide bonds. The predicted octanol–water partition coefficient (Wildman–Crippen LogP) is 3.08. The summed E-state index contributed by atoms with van der Waals surface area (Å²) in [5, 5.41) is 0. The molecule has 0 aliphatic heterocycles. The highest BCUT2D eigenvalue weighted by atomic mass is 35.7. The van der Waals surface area contributed by atoms with Crippen molar-refractivity contribution in [3.63, 3.8) is 0 Å². The Morgan fingerprint density at radius 1 is 1.21 bits per heavy atom. The van der Waals surface area contributed by atoms with E-state index in [0.29, 0.717) is 0 Å². The minimum Gasteiger partial charge on any atom is -0.434 e. The van der Waals surface area contributed by atoms with Crippen LogP contribution in [0.5, 0.6) is 11.6 Å². The van der Waals surface area contributed by atoms with E-state index in [1.54, 1.807) is 0 Å². The Balaban J connectivity index is 2.47. The van der Waals surface area contributed by atoms with Crippen LogP contribution in [0.15, 0.2) is 41.4 Å². The van der Waals surface area contributed by atoms with Crippen LogP contribution in [0.4, 0.5) is 8.78 Å². The Kier molecular flexibility index (Phi) is 3.68. The Morgan fingerprint density at radius 2 is 1.95 bits per heavy atom. The van der Waals surface area contributed by atoms with Gasteiger partial charge in [0.1, 0.15) is 10.7 Å². The van der Waals surface area contributed by atoms with Crippen molar-refractivity contribution in [3.8, 4) is 11.6 Å². The van der Waals surface area contributed by atoms with E-state index in [4.69, 9.17) is 15.4 Å². The van der Waals surface area contributed by atoms with Crippen molar-refractivity contribution in [2.24, 2.45) is 0 Å². The molecule has 0 N–H and O–H groups in total. The SMILES string of the molecule is O=S(=O)(Cl)c1cccnc1Oc1cc(F)ccc1F. The second kappa shape index (κ2) is 5.10. The molecule has 0 saturated heterocycles. The lowest BCUT2D eigenvalue weighted by Gasteiger charge is -2.08. The molecule has 0 spiro atoms. The summed E-state index contributed by atoms with van der Waals surface area (Å²) in [4.78, 5) is 3.21. The van der Waals surface area contributed by atoms with Crippen LogP contribution < -0.4 is 4.74 Å². The highest BCUT2D eigenvalue weighted by Crippen LogP contribution is 2.30. The fourth-order valence-electron chi connectivity index (χ4n) is 1.30. The third-order valence-corrected chi connectivity index (χ3v) is 3.43. The molecule has 0 aliphatic rings. The lowest BCUT2D eigenvalue weighted by Crippen LogP contribution is -1.99. The average Bonchev–Trinajstić information content (AvgIpc) is 2.33. The third kappa shape index (κ3) is 3.18. The van der Waals surface area contributed by atoms with Crippen molar-refractivity contribution < 1.29 is 21.9 Å². The van der Waals surface area contributed by atoms with Crippen molar-refractivity contribution in [1.29, 1.82) is 0 Å². The summed E-state index contributed by atoms with van der Waals surface area (Å²) in [6, 6.07) is 4.99. The molecule has 19 heavy (non-hydrogen) atoms. The number of hydrogen-bond acceptors (Lipinski definition) is 4. The minimum atomic E-state index is -4.11. The fraction of sp³-hybridized carbons (Fsp3) is 0. The Hall–Kier alpha value is -1.73. The smallest absolute Gasteiger partial charge is 0.266 e. The Labute approximate surface area is 112 Å².